The van der Waals surface area contributed by atoms with Crippen molar-refractivity contribution in [2.75, 3.05) is 0 Å². The van der Waals surface area contributed by atoms with Crippen LogP contribution in [0.5, 0.6) is 0 Å². The van der Waals surface area contributed by atoms with E-state index in [0.717, 1.165) is 30.4 Å². The van der Waals surface area contributed by atoms with E-state index in [0.29, 0.717) is 5.92 Å². The van der Waals surface area contributed by atoms with Gasteiger partial charge in [0.05, 0.1) is 0 Å². The summed E-state index contributed by atoms with van der Waals surface area (Å²) in [6.45, 7) is 1.92. The Morgan fingerprint density at radius 2 is 2.07 bits per heavy atom. The molecule has 0 spiro atoms. The van der Waals surface area contributed by atoms with Crippen LogP contribution in [0.2, 0.25) is 0 Å². The number of benzene rings is 1. The Balaban J connectivity index is 2.31. The Bertz CT molecular complexity index is 315. The minimum atomic E-state index is -0.143. The number of aryl methyl sites for hydroxylation is 1. The molecule has 2 unspecified atom stereocenters. The molecular weight excluding hydrogens is 199 g/mol. The average molecular weight is 213 g/mol. The molecule has 14 heavy (non-hydrogen) atoms. The molecule has 1 aliphatic carbocycles. The molecule has 2 rings (SSSR count). The predicted octanol–water partition coefficient (Wildman–Crippen LogP) is 4.01. The molecule has 0 saturated heterocycles. The van der Waals surface area contributed by atoms with Gasteiger partial charge in [-0.2, -0.15) is 0 Å². The van der Waals surface area contributed by atoms with Gasteiger partial charge in [-0.3, -0.25) is 0 Å². The maximum Gasteiger partial charge on any atom is 0.123 e. The Labute approximate surface area is 89.1 Å². The van der Waals surface area contributed by atoms with E-state index in [1.165, 1.54) is 0 Å². The van der Waals surface area contributed by atoms with Gasteiger partial charge in [0.1, 0.15) is 5.82 Å². The van der Waals surface area contributed by atoms with Crippen LogP contribution in [0.4, 0.5) is 4.39 Å². The number of hydrogen-bond donors (Lipinski definition) is 0. The van der Waals surface area contributed by atoms with E-state index in [1.807, 2.05) is 6.92 Å². The molecule has 0 aromatic heterocycles. The quantitative estimate of drug-likeness (QED) is 0.617. The topological polar surface area (TPSA) is 0 Å². The molecular formula is C12H14ClF. The van der Waals surface area contributed by atoms with Crippen molar-refractivity contribution in [1.29, 1.82) is 0 Å². The van der Waals surface area contributed by atoms with Gasteiger partial charge in [-0.1, -0.05) is 12.5 Å². The lowest BCUT2D eigenvalue weighted by Gasteiger charge is -2.14. The molecule has 2 atom stereocenters. The van der Waals surface area contributed by atoms with Gasteiger partial charge in [-0.25, -0.2) is 4.39 Å². The summed E-state index contributed by atoms with van der Waals surface area (Å²) in [5.41, 5.74) is 2.05. The molecule has 0 aliphatic heterocycles. The Hall–Kier alpha value is -0.560. The highest BCUT2D eigenvalue weighted by Crippen LogP contribution is 2.38. The second-order valence-electron chi connectivity index (χ2n) is 4.12. The Kier molecular flexibility index (Phi) is 2.78. The fourth-order valence-corrected chi connectivity index (χ4v) is 2.69. The van der Waals surface area contributed by atoms with E-state index in [9.17, 15) is 4.39 Å². The van der Waals surface area contributed by atoms with E-state index in [2.05, 4.69) is 6.07 Å². The lowest BCUT2D eigenvalue weighted by Crippen LogP contribution is -2.05. The number of alkyl halides is 1. The van der Waals surface area contributed by atoms with Crippen LogP contribution in [0.25, 0.3) is 0 Å². The highest BCUT2D eigenvalue weighted by Gasteiger charge is 2.26. The monoisotopic (exact) mass is 212 g/mol. The Morgan fingerprint density at radius 3 is 2.64 bits per heavy atom. The van der Waals surface area contributed by atoms with Crippen molar-refractivity contribution in [2.24, 2.45) is 0 Å². The zero-order valence-electron chi connectivity index (χ0n) is 8.26. The van der Waals surface area contributed by atoms with E-state index < -0.39 is 0 Å². The SMILES string of the molecule is Cc1cc(F)cc(C2CCCC2Cl)c1. The maximum absolute atomic E-state index is 13.2. The van der Waals surface area contributed by atoms with Crippen molar-refractivity contribution in [3.8, 4) is 0 Å². The zero-order chi connectivity index (χ0) is 10.1. The minimum Gasteiger partial charge on any atom is -0.207 e. The molecule has 0 N–H and O–H groups in total. The van der Waals surface area contributed by atoms with E-state index in [1.54, 1.807) is 12.1 Å². The van der Waals surface area contributed by atoms with Gasteiger partial charge in [0.15, 0.2) is 0 Å². The summed E-state index contributed by atoms with van der Waals surface area (Å²) in [5, 5.41) is 0.191. The van der Waals surface area contributed by atoms with Crippen molar-refractivity contribution < 1.29 is 4.39 Å². The summed E-state index contributed by atoms with van der Waals surface area (Å²) in [6, 6.07) is 5.23. The number of halogens is 2. The molecule has 0 amide bonds. The summed E-state index contributed by atoms with van der Waals surface area (Å²) in [6.07, 6.45) is 3.31. The highest BCUT2D eigenvalue weighted by molar-refractivity contribution is 6.21. The third kappa shape index (κ3) is 1.93. The molecule has 2 heteroatoms. The van der Waals surface area contributed by atoms with Crippen LogP contribution in [0, 0.1) is 12.7 Å². The standard InChI is InChI=1S/C12H14ClF/c1-8-5-9(7-10(14)6-8)11-3-2-4-12(11)13/h5-7,11-12H,2-4H2,1H3. The van der Waals surface area contributed by atoms with Crippen LogP contribution in [0.1, 0.15) is 36.3 Å². The predicted molar refractivity (Wildman–Crippen MR) is 57.4 cm³/mol. The minimum absolute atomic E-state index is 0.143. The summed E-state index contributed by atoms with van der Waals surface area (Å²) in [4.78, 5) is 0. The van der Waals surface area contributed by atoms with Gasteiger partial charge < -0.3 is 0 Å². The molecule has 0 bridgehead atoms. The van der Waals surface area contributed by atoms with Gasteiger partial charge in [-0.15, -0.1) is 11.6 Å². The van der Waals surface area contributed by atoms with Gasteiger partial charge in [0.25, 0.3) is 0 Å². The molecule has 1 aromatic carbocycles. The van der Waals surface area contributed by atoms with Crippen molar-refractivity contribution in [3.63, 3.8) is 0 Å². The highest BCUT2D eigenvalue weighted by atomic mass is 35.5. The first-order chi connectivity index (χ1) is 6.66. The summed E-state index contributed by atoms with van der Waals surface area (Å²) >= 11 is 6.19. The Morgan fingerprint density at radius 1 is 1.29 bits per heavy atom. The van der Waals surface area contributed by atoms with Gasteiger partial charge in [0, 0.05) is 11.3 Å². The van der Waals surface area contributed by atoms with Crippen molar-refractivity contribution in [3.05, 3.63) is 35.1 Å². The molecule has 0 nitrogen and oxygen atoms in total. The molecule has 76 valence electrons. The molecule has 1 saturated carbocycles. The van der Waals surface area contributed by atoms with Crippen LogP contribution in [0.15, 0.2) is 18.2 Å². The second-order valence-corrected chi connectivity index (χ2v) is 4.68. The van der Waals surface area contributed by atoms with E-state index >= 15 is 0 Å². The van der Waals surface area contributed by atoms with Crippen molar-refractivity contribution in [2.45, 2.75) is 37.5 Å². The lowest BCUT2D eigenvalue weighted by molar-refractivity contribution is 0.618. The zero-order valence-corrected chi connectivity index (χ0v) is 9.02. The van der Waals surface area contributed by atoms with Crippen molar-refractivity contribution in [1.82, 2.24) is 0 Å². The summed E-state index contributed by atoms with van der Waals surface area (Å²) < 4.78 is 13.2. The largest absolute Gasteiger partial charge is 0.207 e. The van der Waals surface area contributed by atoms with Crippen LogP contribution in [-0.2, 0) is 0 Å². The fraction of sp³-hybridized carbons (Fsp3) is 0.500. The first-order valence-electron chi connectivity index (χ1n) is 5.08. The molecule has 1 aromatic rings. The van der Waals surface area contributed by atoms with Crippen LogP contribution < -0.4 is 0 Å². The lowest BCUT2D eigenvalue weighted by atomic mass is 9.96. The molecule has 0 heterocycles. The smallest absolute Gasteiger partial charge is 0.123 e. The first-order valence-corrected chi connectivity index (χ1v) is 5.51. The van der Waals surface area contributed by atoms with Gasteiger partial charge >= 0.3 is 0 Å². The summed E-state index contributed by atoms with van der Waals surface area (Å²) in [7, 11) is 0. The van der Waals surface area contributed by atoms with E-state index in [4.69, 9.17) is 11.6 Å². The average Bonchev–Trinajstić information content (AvgIpc) is 2.49. The molecule has 1 aliphatic rings. The van der Waals surface area contributed by atoms with Crippen LogP contribution in [0.3, 0.4) is 0 Å². The molecule has 0 radical (unpaired) electrons. The van der Waals surface area contributed by atoms with Crippen molar-refractivity contribution >= 4 is 11.6 Å². The fourth-order valence-electron chi connectivity index (χ4n) is 2.27. The maximum atomic E-state index is 13.2. The third-order valence-electron chi connectivity index (χ3n) is 2.92. The number of rotatable bonds is 1. The third-order valence-corrected chi connectivity index (χ3v) is 3.45. The van der Waals surface area contributed by atoms with Gasteiger partial charge in [-0.05, 0) is 43.0 Å². The van der Waals surface area contributed by atoms with Crippen LogP contribution >= 0.6 is 11.6 Å². The summed E-state index contributed by atoms with van der Waals surface area (Å²) in [5.74, 6) is 0.210. The first kappa shape index (κ1) is 9.97. The van der Waals surface area contributed by atoms with Gasteiger partial charge in [0.2, 0.25) is 0 Å². The normalized spacial score (nSPS) is 26.8. The molecule has 1 fully saturated rings. The van der Waals surface area contributed by atoms with E-state index in [-0.39, 0.29) is 11.2 Å². The second kappa shape index (κ2) is 3.90. The number of hydrogen-bond acceptors (Lipinski definition) is 0. The van der Waals surface area contributed by atoms with Crippen LogP contribution in [-0.4, -0.2) is 5.38 Å².